The van der Waals surface area contributed by atoms with Crippen molar-refractivity contribution in [3.63, 3.8) is 0 Å². The van der Waals surface area contributed by atoms with Gasteiger partial charge in [0, 0.05) is 22.6 Å². The van der Waals surface area contributed by atoms with Crippen molar-refractivity contribution in [2.45, 2.75) is 38.8 Å². The summed E-state index contributed by atoms with van der Waals surface area (Å²) in [7, 11) is 0. The standard InChI is InChI=1S/C16H20BrClN2O3/c1-16(2,3)23-15(22)19-11-6-7-20(9-11)14(21)12-5-4-10(18)8-13(12)17/h4-5,8,11H,6-7,9H2,1-3H3,(H,19,22)/t11-/m0/s1. The van der Waals surface area contributed by atoms with Gasteiger partial charge in [0.1, 0.15) is 5.60 Å². The maximum absolute atomic E-state index is 12.5. The molecular formula is C16H20BrClN2O3. The van der Waals surface area contributed by atoms with E-state index >= 15 is 0 Å². The molecule has 7 heteroatoms. The van der Waals surface area contributed by atoms with Crippen molar-refractivity contribution in [2.75, 3.05) is 13.1 Å². The molecule has 1 aliphatic heterocycles. The van der Waals surface area contributed by atoms with Crippen molar-refractivity contribution in [3.8, 4) is 0 Å². The number of alkyl carbamates (subject to hydrolysis) is 1. The summed E-state index contributed by atoms with van der Waals surface area (Å²) in [6.45, 7) is 6.50. The molecule has 0 saturated carbocycles. The fourth-order valence-electron chi connectivity index (χ4n) is 2.37. The van der Waals surface area contributed by atoms with Crippen molar-refractivity contribution in [1.29, 1.82) is 0 Å². The molecule has 1 saturated heterocycles. The number of likely N-dealkylation sites (tertiary alicyclic amines) is 1. The van der Waals surface area contributed by atoms with E-state index in [1.54, 1.807) is 23.1 Å². The van der Waals surface area contributed by atoms with E-state index in [1.807, 2.05) is 20.8 Å². The van der Waals surface area contributed by atoms with Gasteiger partial charge in [-0.25, -0.2) is 4.79 Å². The molecule has 1 N–H and O–H groups in total. The number of ether oxygens (including phenoxy) is 1. The topological polar surface area (TPSA) is 58.6 Å². The van der Waals surface area contributed by atoms with E-state index in [4.69, 9.17) is 16.3 Å². The Hall–Kier alpha value is -1.27. The average Bonchev–Trinajstić information content (AvgIpc) is 2.84. The molecule has 1 atom stereocenters. The minimum absolute atomic E-state index is 0.0815. The van der Waals surface area contributed by atoms with Gasteiger partial charge < -0.3 is 15.0 Å². The highest BCUT2D eigenvalue weighted by Gasteiger charge is 2.30. The first-order valence-corrected chi connectivity index (χ1v) is 8.56. The minimum Gasteiger partial charge on any atom is -0.444 e. The van der Waals surface area contributed by atoms with Crippen LogP contribution in [0.5, 0.6) is 0 Å². The highest BCUT2D eigenvalue weighted by Crippen LogP contribution is 2.24. The summed E-state index contributed by atoms with van der Waals surface area (Å²) >= 11 is 9.26. The summed E-state index contributed by atoms with van der Waals surface area (Å²) in [5.41, 5.74) is 0.0270. The maximum atomic E-state index is 12.5. The summed E-state index contributed by atoms with van der Waals surface area (Å²) in [5.74, 6) is -0.0815. The third kappa shape index (κ3) is 5.11. The number of hydrogen-bond donors (Lipinski definition) is 1. The smallest absolute Gasteiger partial charge is 0.407 e. The second kappa shape index (κ2) is 7.09. The van der Waals surface area contributed by atoms with E-state index in [1.165, 1.54) is 0 Å². The molecule has 1 aliphatic rings. The quantitative estimate of drug-likeness (QED) is 0.816. The first kappa shape index (κ1) is 18.1. The predicted octanol–water partition coefficient (Wildman–Crippen LogP) is 3.84. The molecule has 0 bridgehead atoms. The summed E-state index contributed by atoms with van der Waals surface area (Å²) in [5, 5.41) is 3.38. The number of carbonyl (C=O) groups excluding carboxylic acids is 2. The highest BCUT2D eigenvalue weighted by atomic mass is 79.9. The van der Waals surface area contributed by atoms with E-state index in [9.17, 15) is 9.59 Å². The number of hydrogen-bond acceptors (Lipinski definition) is 3. The third-order valence-corrected chi connectivity index (χ3v) is 4.25. The SMILES string of the molecule is CC(C)(C)OC(=O)N[C@H]1CCN(C(=O)c2ccc(Cl)cc2Br)C1. The molecule has 1 fully saturated rings. The van der Waals surface area contributed by atoms with Crippen LogP contribution < -0.4 is 5.32 Å². The zero-order chi connectivity index (χ0) is 17.2. The zero-order valence-electron chi connectivity index (χ0n) is 13.4. The first-order valence-electron chi connectivity index (χ1n) is 7.39. The lowest BCUT2D eigenvalue weighted by Gasteiger charge is -2.22. The lowest BCUT2D eigenvalue weighted by molar-refractivity contribution is 0.0502. The number of halogens is 2. The Bertz CT molecular complexity index is 616. The zero-order valence-corrected chi connectivity index (χ0v) is 15.7. The second-order valence-corrected chi connectivity index (χ2v) is 7.80. The summed E-state index contributed by atoms with van der Waals surface area (Å²) in [6, 6.07) is 4.98. The van der Waals surface area contributed by atoms with E-state index in [0.29, 0.717) is 34.6 Å². The van der Waals surface area contributed by atoms with Crippen LogP contribution in [0.3, 0.4) is 0 Å². The average molecular weight is 404 g/mol. The normalized spacial score (nSPS) is 18.0. The Labute approximate surface area is 149 Å². The monoisotopic (exact) mass is 402 g/mol. The summed E-state index contributed by atoms with van der Waals surface area (Å²) in [6.07, 6.45) is 0.250. The van der Waals surface area contributed by atoms with Gasteiger partial charge in [-0.2, -0.15) is 0 Å². The molecule has 0 spiro atoms. The molecule has 0 aliphatic carbocycles. The van der Waals surface area contributed by atoms with Crippen LogP contribution in [-0.4, -0.2) is 41.6 Å². The Morgan fingerprint density at radius 3 is 2.70 bits per heavy atom. The van der Waals surface area contributed by atoms with E-state index in [2.05, 4.69) is 21.2 Å². The van der Waals surface area contributed by atoms with E-state index in [-0.39, 0.29) is 11.9 Å². The molecule has 2 amide bonds. The molecule has 2 rings (SSSR count). The largest absolute Gasteiger partial charge is 0.444 e. The Morgan fingerprint density at radius 2 is 2.09 bits per heavy atom. The number of nitrogens with zero attached hydrogens (tertiary/aromatic N) is 1. The van der Waals surface area contributed by atoms with Crippen molar-refractivity contribution >= 4 is 39.5 Å². The number of benzene rings is 1. The molecule has 1 heterocycles. The van der Waals surface area contributed by atoms with Crippen molar-refractivity contribution in [2.24, 2.45) is 0 Å². The van der Waals surface area contributed by atoms with Gasteiger partial charge in [0.05, 0.1) is 11.6 Å². The van der Waals surface area contributed by atoms with Crippen LogP contribution in [-0.2, 0) is 4.74 Å². The fraction of sp³-hybridized carbons (Fsp3) is 0.500. The molecule has 23 heavy (non-hydrogen) atoms. The van der Waals surface area contributed by atoms with Crippen LogP contribution in [0.2, 0.25) is 5.02 Å². The number of nitrogens with one attached hydrogen (secondary N) is 1. The number of amides is 2. The highest BCUT2D eigenvalue weighted by molar-refractivity contribution is 9.10. The molecule has 126 valence electrons. The Morgan fingerprint density at radius 1 is 1.39 bits per heavy atom. The van der Waals surface area contributed by atoms with Crippen LogP contribution in [0.4, 0.5) is 4.79 Å². The van der Waals surface area contributed by atoms with Gasteiger partial charge in [-0.3, -0.25) is 4.79 Å². The Balaban J connectivity index is 1.94. The summed E-state index contributed by atoms with van der Waals surface area (Å²) in [4.78, 5) is 26.1. The minimum atomic E-state index is -0.535. The lowest BCUT2D eigenvalue weighted by Crippen LogP contribution is -2.41. The molecule has 1 aromatic carbocycles. The van der Waals surface area contributed by atoms with Crippen molar-refractivity contribution < 1.29 is 14.3 Å². The van der Waals surface area contributed by atoms with E-state index < -0.39 is 11.7 Å². The van der Waals surface area contributed by atoms with Gasteiger partial charge in [0.2, 0.25) is 0 Å². The molecule has 0 radical (unpaired) electrons. The number of carbonyl (C=O) groups is 2. The fourth-order valence-corrected chi connectivity index (χ4v) is 3.22. The van der Waals surface area contributed by atoms with Crippen LogP contribution >= 0.6 is 27.5 Å². The van der Waals surface area contributed by atoms with Crippen LogP contribution in [0, 0.1) is 0 Å². The molecule has 0 unspecified atom stereocenters. The van der Waals surface area contributed by atoms with Gasteiger partial charge in [-0.1, -0.05) is 11.6 Å². The van der Waals surface area contributed by atoms with Crippen LogP contribution in [0.25, 0.3) is 0 Å². The van der Waals surface area contributed by atoms with Crippen LogP contribution in [0.1, 0.15) is 37.6 Å². The van der Waals surface area contributed by atoms with Gasteiger partial charge in [-0.05, 0) is 61.3 Å². The molecule has 1 aromatic rings. The lowest BCUT2D eigenvalue weighted by atomic mass is 10.2. The molecule has 0 aromatic heterocycles. The van der Waals surface area contributed by atoms with Gasteiger partial charge in [-0.15, -0.1) is 0 Å². The summed E-state index contributed by atoms with van der Waals surface area (Å²) < 4.78 is 5.90. The molecule has 5 nitrogen and oxygen atoms in total. The predicted molar refractivity (Wildman–Crippen MR) is 92.8 cm³/mol. The first-order chi connectivity index (χ1) is 10.7. The van der Waals surface area contributed by atoms with Gasteiger partial charge in [0.15, 0.2) is 0 Å². The van der Waals surface area contributed by atoms with Crippen molar-refractivity contribution in [3.05, 3.63) is 33.3 Å². The van der Waals surface area contributed by atoms with Gasteiger partial charge >= 0.3 is 6.09 Å². The van der Waals surface area contributed by atoms with Crippen molar-refractivity contribution in [1.82, 2.24) is 10.2 Å². The third-order valence-electron chi connectivity index (χ3n) is 3.36. The second-order valence-electron chi connectivity index (χ2n) is 6.51. The van der Waals surface area contributed by atoms with Gasteiger partial charge in [0.25, 0.3) is 5.91 Å². The molecular weight excluding hydrogens is 384 g/mol. The van der Waals surface area contributed by atoms with Crippen LogP contribution in [0.15, 0.2) is 22.7 Å². The number of rotatable bonds is 2. The van der Waals surface area contributed by atoms with E-state index in [0.717, 1.165) is 0 Å². The maximum Gasteiger partial charge on any atom is 0.407 e. The Kier molecular flexibility index (Phi) is 5.57.